The maximum absolute atomic E-state index is 14.5. The number of aromatic amines is 1. The van der Waals surface area contributed by atoms with E-state index in [1.54, 1.807) is 24.4 Å². The predicted molar refractivity (Wildman–Crippen MR) is 135 cm³/mol. The molecule has 0 aliphatic heterocycles. The molecule has 0 bridgehead atoms. The fourth-order valence-electron chi connectivity index (χ4n) is 4.62. The van der Waals surface area contributed by atoms with Crippen molar-refractivity contribution in [3.05, 3.63) is 64.2 Å². The van der Waals surface area contributed by atoms with Gasteiger partial charge in [0.25, 0.3) is 5.91 Å². The molecule has 2 N–H and O–H groups in total. The van der Waals surface area contributed by atoms with E-state index in [9.17, 15) is 9.18 Å². The highest BCUT2D eigenvalue weighted by Crippen LogP contribution is 2.38. The van der Waals surface area contributed by atoms with Crippen molar-refractivity contribution in [1.29, 1.82) is 0 Å². The number of amides is 1. The molecule has 0 unspecified atom stereocenters. The highest BCUT2D eigenvalue weighted by molar-refractivity contribution is 7.17. The number of nitrogens with one attached hydrogen (secondary N) is 2. The average molecular weight is 539 g/mol. The number of carbonyl (C=O) groups excluding carboxylic acids is 1. The molecule has 0 saturated heterocycles. The van der Waals surface area contributed by atoms with Gasteiger partial charge in [0.15, 0.2) is 22.4 Å². The molecule has 1 saturated carbocycles. The number of aromatic nitrogens is 7. The number of imidazole rings is 1. The Hall–Kier alpha value is -3.90. The largest absolute Gasteiger partial charge is 0.422 e. The van der Waals surface area contributed by atoms with E-state index in [2.05, 4.69) is 35.5 Å². The van der Waals surface area contributed by atoms with E-state index >= 15 is 0 Å². The maximum Gasteiger partial charge on any atom is 0.303 e. The van der Waals surface area contributed by atoms with Crippen molar-refractivity contribution in [1.82, 2.24) is 40.0 Å². The second kappa shape index (κ2) is 9.87. The zero-order chi connectivity index (χ0) is 25.4. The van der Waals surface area contributed by atoms with Crippen LogP contribution in [-0.2, 0) is 0 Å². The van der Waals surface area contributed by atoms with Crippen LogP contribution in [0, 0.1) is 5.82 Å². The van der Waals surface area contributed by atoms with E-state index in [1.165, 1.54) is 18.6 Å². The van der Waals surface area contributed by atoms with Gasteiger partial charge in [0, 0.05) is 12.1 Å². The van der Waals surface area contributed by atoms with Crippen molar-refractivity contribution in [3.8, 4) is 23.3 Å². The molecule has 1 amide bonds. The summed E-state index contributed by atoms with van der Waals surface area (Å²) in [6.45, 7) is 0. The number of thiazole rings is 1. The molecular weight excluding hydrogens is 519 g/mol. The molecule has 1 fully saturated rings. The predicted octanol–water partition coefficient (Wildman–Crippen LogP) is 5.17. The minimum absolute atomic E-state index is 0.0729. The first-order valence-corrected chi connectivity index (χ1v) is 12.8. The molecule has 37 heavy (non-hydrogen) atoms. The second-order valence-electron chi connectivity index (χ2n) is 8.65. The normalized spacial score (nSPS) is 17.7. The summed E-state index contributed by atoms with van der Waals surface area (Å²) >= 11 is 7.09. The van der Waals surface area contributed by atoms with Crippen molar-refractivity contribution in [2.24, 2.45) is 0 Å². The number of carbonyl (C=O) groups is 1. The highest BCUT2D eigenvalue weighted by atomic mass is 35.5. The summed E-state index contributed by atoms with van der Waals surface area (Å²) in [7, 11) is 0. The third-order valence-corrected chi connectivity index (χ3v) is 7.37. The van der Waals surface area contributed by atoms with Crippen LogP contribution in [-0.4, -0.2) is 46.6 Å². The van der Waals surface area contributed by atoms with Crippen LogP contribution in [0.3, 0.4) is 0 Å². The monoisotopic (exact) mass is 538 g/mol. The van der Waals surface area contributed by atoms with E-state index in [0.29, 0.717) is 32.8 Å². The Morgan fingerprint density at radius 1 is 1.22 bits per heavy atom. The van der Waals surface area contributed by atoms with Gasteiger partial charge in [-0.05, 0) is 43.9 Å². The summed E-state index contributed by atoms with van der Waals surface area (Å²) < 4.78 is 22.9. The summed E-state index contributed by atoms with van der Waals surface area (Å²) in [6.07, 6.45) is 7.66. The number of halogens is 2. The average Bonchev–Trinajstić information content (AvgIpc) is 3.65. The Bertz CT molecular complexity index is 1570. The Kier molecular flexibility index (Phi) is 6.26. The topological polar surface area (TPSA) is 124 Å². The van der Waals surface area contributed by atoms with Crippen LogP contribution in [0.1, 0.15) is 41.5 Å². The van der Waals surface area contributed by atoms with E-state index in [4.69, 9.17) is 16.3 Å². The summed E-state index contributed by atoms with van der Waals surface area (Å²) in [5.41, 5.74) is 1.94. The van der Waals surface area contributed by atoms with Crippen molar-refractivity contribution < 1.29 is 13.9 Å². The van der Waals surface area contributed by atoms with Crippen molar-refractivity contribution in [3.63, 3.8) is 0 Å². The van der Waals surface area contributed by atoms with E-state index in [-0.39, 0.29) is 29.8 Å². The van der Waals surface area contributed by atoms with Crippen LogP contribution in [0.25, 0.3) is 22.6 Å². The van der Waals surface area contributed by atoms with Crippen LogP contribution in [0.5, 0.6) is 11.8 Å². The summed E-state index contributed by atoms with van der Waals surface area (Å²) in [5.74, 6) is -0.152. The number of para-hydroxylation sites is 1. The molecule has 1 aromatic carbocycles. The third-order valence-electron chi connectivity index (χ3n) is 6.26. The smallest absolute Gasteiger partial charge is 0.303 e. The van der Waals surface area contributed by atoms with Gasteiger partial charge in [-0.2, -0.15) is 10.1 Å². The van der Waals surface area contributed by atoms with Crippen molar-refractivity contribution in [2.45, 2.75) is 37.8 Å². The Balaban J connectivity index is 1.36. The van der Waals surface area contributed by atoms with Gasteiger partial charge in [-0.1, -0.05) is 35.1 Å². The van der Waals surface area contributed by atoms with Gasteiger partial charge in [0.2, 0.25) is 0 Å². The zero-order valence-electron chi connectivity index (χ0n) is 19.3. The van der Waals surface area contributed by atoms with Gasteiger partial charge >= 0.3 is 6.01 Å². The molecule has 10 nitrogen and oxygen atoms in total. The van der Waals surface area contributed by atoms with Crippen molar-refractivity contribution in [2.75, 3.05) is 0 Å². The fraction of sp³-hybridized carbons (Fsp3) is 0.250. The molecule has 0 radical (unpaired) electrons. The number of nitrogens with zero attached hydrogens (tertiary/aromatic N) is 6. The van der Waals surface area contributed by atoms with Crippen LogP contribution in [0.4, 0.5) is 4.39 Å². The second-order valence-corrected chi connectivity index (χ2v) is 10.3. The molecule has 4 heterocycles. The van der Waals surface area contributed by atoms with Crippen LogP contribution in [0.15, 0.2) is 49.1 Å². The molecule has 13 heteroatoms. The number of rotatable bonds is 6. The molecular formula is C24H20ClFN8O2S. The SMILES string of the molecule is O=C(N[C@H]1CCC[C@@H](n2c(Oc3ccccc3F)nc3cnc(-c4ncn[nH]4)cc32)C1)c1ncc(Cl)s1. The summed E-state index contributed by atoms with van der Waals surface area (Å²) in [6, 6.07) is 8.13. The van der Waals surface area contributed by atoms with Crippen LogP contribution in [0.2, 0.25) is 4.34 Å². The number of hydrogen-bond acceptors (Lipinski definition) is 8. The summed E-state index contributed by atoms with van der Waals surface area (Å²) in [5, 5.41) is 10.1. The van der Waals surface area contributed by atoms with E-state index < -0.39 is 5.82 Å². The zero-order valence-corrected chi connectivity index (χ0v) is 20.8. The minimum Gasteiger partial charge on any atom is -0.422 e. The lowest BCUT2D eigenvalue weighted by Crippen LogP contribution is -2.38. The summed E-state index contributed by atoms with van der Waals surface area (Å²) in [4.78, 5) is 30.1. The lowest BCUT2D eigenvalue weighted by Gasteiger charge is -2.31. The number of hydrogen-bond donors (Lipinski definition) is 2. The molecule has 0 spiro atoms. The maximum atomic E-state index is 14.5. The van der Waals surface area contributed by atoms with Gasteiger partial charge in [-0.15, -0.1) is 0 Å². The lowest BCUT2D eigenvalue weighted by atomic mass is 9.90. The molecule has 1 aliphatic carbocycles. The quantitative estimate of drug-likeness (QED) is 0.305. The molecule has 6 rings (SSSR count). The van der Waals surface area contributed by atoms with Gasteiger partial charge in [0.05, 0.1) is 17.9 Å². The Morgan fingerprint density at radius 2 is 2.11 bits per heavy atom. The van der Waals surface area contributed by atoms with E-state index in [0.717, 1.165) is 36.1 Å². The standard InChI is InChI=1S/C24H20ClFN8O2S/c25-20-11-28-23(37-20)22(35)31-13-4-3-5-14(8-13)34-18-9-16(21-29-12-30-33-21)27-10-17(18)32-24(34)36-19-7-2-1-6-15(19)26/h1-2,6-7,9-14H,3-5,8H2,(H,31,35)(H,29,30,33)/t13-,14+/m0/s1. The molecule has 1 aliphatic rings. The minimum atomic E-state index is -0.488. The van der Waals surface area contributed by atoms with Gasteiger partial charge in [-0.25, -0.2) is 14.4 Å². The number of pyridine rings is 1. The number of benzene rings is 1. The first-order valence-electron chi connectivity index (χ1n) is 11.6. The first-order chi connectivity index (χ1) is 18.0. The number of H-pyrrole nitrogens is 1. The van der Waals surface area contributed by atoms with Gasteiger partial charge < -0.3 is 10.1 Å². The first kappa shape index (κ1) is 23.5. The van der Waals surface area contributed by atoms with Crippen LogP contribution < -0.4 is 10.1 Å². The van der Waals surface area contributed by atoms with Gasteiger partial charge in [0.1, 0.15) is 21.9 Å². The molecule has 2 atom stereocenters. The number of fused-ring (bicyclic) bond motifs is 1. The molecule has 5 aromatic rings. The molecule has 188 valence electrons. The van der Waals surface area contributed by atoms with E-state index in [1.807, 2.05) is 10.6 Å². The highest BCUT2D eigenvalue weighted by Gasteiger charge is 2.30. The Labute approximate surface area is 218 Å². The molecule has 4 aromatic heterocycles. The Morgan fingerprint density at radius 3 is 2.89 bits per heavy atom. The fourth-order valence-corrected chi connectivity index (χ4v) is 5.44. The van der Waals surface area contributed by atoms with Crippen molar-refractivity contribution >= 4 is 39.9 Å². The third kappa shape index (κ3) is 4.77. The van der Waals surface area contributed by atoms with Gasteiger partial charge in [-0.3, -0.25) is 19.4 Å². The van der Waals surface area contributed by atoms with Crippen LogP contribution >= 0.6 is 22.9 Å². The lowest BCUT2D eigenvalue weighted by molar-refractivity contribution is 0.0920. The number of ether oxygens (including phenoxy) is 1.